The molecular weight excluding hydrogens is 333 g/mol. The average molecular weight is 346 g/mol. The van der Waals surface area contributed by atoms with E-state index >= 15 is 0 Å². The monoisotopic (exact) mass is 345 g/mol. The van der Waals surface area contributed by atoms with Crippen LogP contribution >= 0.6 is 23.2 Å². The van der Waals surface area contributed by atoms with Gasteiger partial charge in [0.15, 0.2) is 0 Å². The lowest BCUT2D eigenvalue weighted by atomic mass is 10.1. The number of fused-ring (bicyclic) bond motifs is 1. The molecule has 1 aromatic heterocycles. The largest absolute Gasteiger partial charge is 0.324 e. The quantitative estimate of drug-likeness (QED) is 0.727. The van der Waals surface area contributed by atoms with Crippen LogP contribution in [0.2, 0.25) is 10.0 Å². The van der Waals surface area contributed by atoms with Crippen LogP contribution in [0.5, 0.6) is 0 Å². The summed E-state index contributed by atoms with van der Waals surface area (Å²) in [7, 11) is 0. The number of halogens is 2. The van der Waals surface area contributed by atoms with Crippen molar-refractivity contribution in [2.75, 3.05) is 5.32 Å². The number of anilines is 1. The van der Waals surface area contributed by atoms with Crippen molar-refractivity contribution in [3.63, 3.8) is 0 Å². The lowest BCUT2D eigenvalue weighted by Crippen LogP contribution is -2.15. The summed E-state index contributed by atoms with van der Waals surface area (Å²) >= 11 is 12.4. The summed E-state index contributed by atoms with van der Waals surface area (Å²) in [5.74, 6) is 0.346. The van der Waals surface area contributed by atoms with Crippen LogP contribution in [0.1, 0.15) is 17.9 Å². The van der Waals surface area contributed by atoms with Crippen molar-refractivity contribution in [3.05, 3.63) is 58.1 Å². The molecule has 2 atom stereocenters. The first-order valence-electron chi connectivity index (χ1n) is 7.33. The molecule has 2 unspecified atom stereocenters. The Morgan fingerprint density at radius 1 is 1.13 bits per heavy atom. The minimum atomic E-state index is -0.124. The Labute approximate surface area is 142 Å². The summed E-state index contributed by atoms with van der Waals surface area (Å²) in [5, 5.41) is 4.07. The van der Waals surface area contributed by atoms with E-state index in [0.29, 0.717) is 16.0 Å². The van der Waals surface area contributed by atoms with Gasteiger partial charge in [0.25, 0.3) is 0 Å². The van der Waals surface area contributed by atoms with Gasteiger partial charge >= 0.3 is 0 Å². The molecule has 0 radical (unpaired) electrons. The summed E-state index contributed by atoms with van der Waals surface area (Å²) < 4.78 is 0. The molecule has 0 bridgehead atoms. The molecular formula is C17H13Cl2N3O. The molecule has 2 N–H and O–H groups in total. The van der Waals surface area contributed by atoms with Crippen molar-refractivity contribution in [2.24, 2.45) is 5.92 Å². The van der Waals surface area contributed by atoms with Crippen LogP contribution in [0.25, 0.3) is 11.0 Å². The van der Waals surface area contributed by atoms with E-state index in [4.69, 9.17) is 23.2 Å². The third kappa shape index (κ3) is 2.69. The highest BCUT2D eigenvalue weighted by molar-refractivity contribution is 6.36. The van der Waals surface area contributed by atoms with Crippen LogP contribution in [0.15, 0.2) is 42.5 Å². The predicted octanol–water partition coefficient (Wildman–Crippen LogP) is 4.61. The number of hydrogen-bond donors (Lipinski definition) is 2. The number of hydrogen-bond acceptors (Lipinski definition) is 2. The molecule has 1 heterocycles. The molecule has 6 heteroatoms. The first-order valence-corrected chi connectivity index (χ1v) is 8.08. The van der Waals surface area contributed by atoms with Crippen LogP contribution in [0, 0.1) is 5.92 Å². The number of amides is 1. The van der Waals surface area contributed by atoms with Gasteiger partial charge in [-0.05, 0) is 42.2 Å². The normalized spacial score (nSPS) is 19.7. The number of rotatable bonds is 3. The Bertz CT molecular complexity index is 852. The van der Waals surface area contributed by atoms with E-state index in [2.05, 4.69) is 15.3 Å². The van der Waals surface area contributed by atoms with Crippen molar-refractivity contribution in [3.8, 4) is 0 Å². The highest BCUT2D eigenvalue weighted by Crippen LogP contribution is 2.52. The van der Waals surface area contributed by atoms with Gasteiger partial charge in [0.1, 0.15) is 0 Å². The molecule has 1 amide bonds. The van der Waals surface area contributed by atoms with E-state index in [1.165, 1.54) is 0 Å². The van der Waals surface area contributed by atoms with Gasteiger partial charge in [0, 0.05) is 16.0 Å². The van der Waals surface area contributed by atoms with Crippen molar-refractivity contribution in [2.45, 2.75) is 12.3 Å². The predicted molar refractivity (Wildman–Crippen MR) is 92.0 cm³/mol. The molecule has 3 aromatic rings. The van der Waals surface area contributed by atoms with Gasteiger partial charge in [0.2, 0.25) is 11.9 Å². The van der Waals surface area contributed by atoms with E-state index in [-0.39, 0.29) is 17.7 Å². The lowest BCUT2D eigenvalue weighted by Gasteiger charge is -2.06. The van der Waals surface area contributed by atoms with Crippen molar-refractivity contribution in [1.82, 2.24) is 9.97 Å². The van der Waals surface area contributed by atoms with Gasteiger partial charge in [-0.25, -0.2) is 4.98 Å². The molecule has 4 rings (SSSR count). The number of aromatic nitrogens is 2. The molecule has 0 saturated heterocycles. The number of nitrogens with zero attached hydrogens (tertiary/aromatic N) is 1. The number of benzene rings is 2. The zero-order chi connectivity index (χ0) is 16.0. The second kappa shape index (κ2) is 5.55. The number of carbonyl (C=O) groups excluding carboxylic acids is 1. The third-order valence-electron chi connectivity index (χ3n) is 4.13. The topological polar surface area (TPSA) is 57.8 Å². The number of aromatic amines is 1. The van der Waals surface area contributed by atoms with E-state index in [0.717, 1.165) is 23.0 Å². The first kappa shape index (κ1) is 14.5. The molecule has 4 nitrogen and oxygen atoms in total. The maximum absolute atomic E-state index is 12.4. The van der Waals surface area contributed by atoms with Crippen LogP contribution < -0.4 is 5.32 Å². The second-order valence-corrected chi connectivity index (χ2v) is 6.49. The highest BCUT2D eigenvalue weighted by Gasteiger charge is 2.46. The molecule has 1 aliphatic rings. The SMILES string of the molecule is O=C(Nc1nc2ccccc2[nH]1)C1CC1c1c(Cl)cccc1Cl. The number of carbonyl (C=O) groups is 1. The molecule has 1 aliphatic carbocycles. The fraction of sp³-hybridized carbons (Fsp3) is 0.176. The number of imidazole rings is 1. The highest BCUT2D eigenvalue weighted by atomic mass is 35.5. The van der Waals surface area contributed by atoms with Gasteiger partial charge in [-0.15, -0.1) is 0 Å². The fourth-order valence-corrected chi connectivity index (χ4v) is 3.57. The van der Waals surface area contributed by atoms with Gasteiger partial charge in [-0.2, -0.15) is 0 Å². The lowest BCUT2D eigenvalue weighted by molar-refractivity contribution is -0.117. The molecule has 0 aliphatic heterocycles. The minimum Gasteiger partial charge on any atom is -0.324 e. The smallest absolute Gasteiger partial charge is 0.230 e. The van der Waals surface area contributed by atoms with Crippen molar-refractivity contribution >= 4 is 46.1 Å². The van der Waals surface area contributed by atoms with E-state index in [1.54, 1.807) is 18.2 Å². The van der Waals surface area contributed by atoms with E-state index < -0.39 is 0 Å². The fourth-order valence-electron chi connectivity index (χ4n) is 2.89. The summed E-state index contributed by atoms with van der Waals surface area (Å²) in [6, 6.07) is 13.0. The maximum Gasteiger partial charge on any atom is 0.230 e. The van der Waals surface area contributed by atoms with Crippen molar-refractivity contribution < 1.29 is 4.79 Å². The molecule has 1 fully saturated rings. The number of nitrogens with one attached hydrogen (secondary N) is 2. The Hall–Kier alpha value is -2.04. The van der Waals surface area contributed by atoms with Gasteiger partial charge in [-0.1, -0.05) is 41.4 Å². The zero-order valence-electron chi connectivity index (χ0n) is 12.0. The summed E-state index contributed by atoms with van der Waals surface area (Å²) in [6.07, 6.45) is 0.746. The second-order valence-electron chi connectivity index (χ2n) is 5.68. The Morgan fingerprint density at radius 3 is 2.61 bits per heavy atom. The Morgan fingerprint density at radius 2 is 1.87 bits per heavy atom. The first-order chi connectivity index (χ1) is 11.1. The van der Waals surface area contributed by atoms with Crippen molar-refractivity contribution in [1.29, 1.82) is 0 Å². The van der Waals surface area contributed by atoms with Gasteiger partial charge in [0.05, 0.1) is 11.0 Å². The summed E-state index contributed by atoms with van der Waals surface area (Å²) in [5.41, 5.74) is 2.58. The summed E-state index contributed by atoms with van der Waals surface area (Å²) in [6.45, 7) is 0. The van der Waals surface area contributed by atoms with Gasteiger partial charge < -0.3 is 4.98 Å². The average Bonchev–Trinajstić information content (AvgIpc) is 3.19. The molecule has 116 valence electrons. The molecule has 0 spiro atoms. The molecule has 2 aromatic carbocycles. The minimum absolute atomic E-state index is 0.0648. The Balaban J connectivity index is 1.51. The maximum atomic E-state index is 12.4. The van der Waals surface area contributed by atoms with Crippen LogP contribution in [0.4, 0.5) is 5.95 Å². The summed E-state index contributed by atoms with van der Waals surface area (Å²) in [4.78, 5) is 19.8. The van der Waals surface area contributed by atoms with Crippen LogP contribution in [0.3, 0.4) is 0 Å². The zero-order valence-corrected chi connectivity index (χ0v) is 13.5. The van der Waals surface area contributed by atoms with Crippen LogP contribution in [-0.2, 0) is 4.79 Å². The standard InChI is InChI=1S/C17H13Cl2N3O/c18-11-4-3-5-12(19)15(11)9-8-10(9)16(23)22-17-20-13-6-1-2-7-14(13)21-17/h1-7,9-10H,8H2,(H2,20,21,22,23). The van der Waals surface area contributed by atoms with E-state index in [1.807, 2.05) is 24.3 Å². The molecule has 23 heavy (non-hydrogen) atoms. The number of para-hydroxylation sites is 2. The van der Waals surface area contributed by atoms with Gasteiger partial charge in [-0.3, -0.25) is 10.1 Å². The third-order valence-corrected chi connectivity index (χ3v) is 4.79. The van der Waals surface area contributed by atoms with E-state index in [9.17, 15) is 4.79 Å². The molecule has 1 saturated carbocycles. The Kier molecular flexibility index (Phi) is 3.51. The number of H-pyrrole nitrogens is 1. The van der Waals surface area contributed by atoms with Crippen LogP contribution in [-0.4, -0.2) is 15.9 Å².